The van der Waals surface area contributed by atoms with Gasteiger partial charge in [-0.2, -0.15) is 0 Å². The number of carbonyl (C=O) groups excluding carboxylic acids is 3. The van der Waals surface area contributed by atoms with Crippen LogP contribution in [0, 0.1) is 10.1 Å². The summed E-state index contributed by atoms with van der Waals surface area (Å²) in [6.07, 6.45) is -0.00741. The number of nitro benzene ring substituents is 1. The molecule has 1 unspecified atom stereocenters. The molecule has 0 fully saturated rings. The zero-order valence-corrected chi connectivity index (χ0v) is 27.0. The van der Waals surface area contributed by atoms with Crippen LogP contribution < -0.4 is 31.3 Å². The number of nitro groups is 1. The first-order valence-electron chi connectivity index (χ1n) is 15.9. The number of guanidine groups is 1. The van der Waals surface area contributed by atoms with Crippen LogP contribution in [0.1, 0.15) is 30.9 Å². The van der Waals surface area contributed by atoms with E-state index in [9.17, 15) is 24.5 Å². The summed E-state index contributed by atoms with van der Waals surface area (Å²) in [5, 5.41) is 20.5. The highest BCUT2D eigenvalue weighted by Gasteiger charge is 2.31. The van der Waals surface area contributed by atoms with Crippen molar-refractivity contribution in [3.05, 3.63) is 94.5 Å². The van der Waals surface area contributed by atoms with Crippen LogP contribution in [0.5, 0.6) is 5.75 Å². The number of nitrogens with zero attached hydrogens (tertiary/aromatic N) is 3. The van der Waals surface area contributed by atoms with E-state index in [0.717, 1.165) is 5.69 Å². The minimum absolute atomic E-state index is 0.00270. The minimum atomic E-state index is -0.696. The molecule has 0 saturated carbocycles. The molecule has 15 heteroatoms. The van der Waals surface area contributed by atoms with Crippen LogP contribution in [0.25, 0.3) is 0 Å². The summed E-state index contributed by atoms with van der Waals surface area (Å²) in [7, 11) is 0. The second-order valence-corrected chi connectivity index (χ2v) is 10.9. The van der Waals surface area contributed by atoms with E-state index in [4.69, 9.17) is 24.9 Å². The second kappa shape index (κ2) is 19.3. The quantitative estimate of drug-likeness (QED) is 0.0784. The molecule has 1 heterocycles. The van der Waals surface area contributed by atoms with E-state index in [0.29, 0.717) is 49.3 Å². The van der Waals surface area contributed by atoms with E-state index in [2.05, 4.69) is 16.0 Å². The van der Waals surface area contributed by atoms with Crippen LogP contribution in [0.4, 0.5) is 17.1 Å². The highest BCUT2D eigenvalue weighted by molar-refractivity contribution is 6.07. The number of hydrogen-bond acceptors (Lipinski definition) is 11. The number of ether oxygens (including phenoxy) is 3. The maximum absolute atomic E-state index is 13.1. The number of amides is 3. The molecule has 1 aliphatic rings. The van der Waals surface area contributed by atoms with Crippen molar-refractivity contribution in [1.82, 2.24) is 10.6 Å². The van der Waals surface area contributed by atoms with Crippen LogP contribution in [-0.2, 0) is 23.9 Å². The SMILES string of the molecule is NC(=O)CCC(=O)NCCOCCOCCNC(=O)CC1N=C(Nc2ccccc2)N(CCOc2ccccc2)c2ccc([N+](=O)[O-])cc21. The number of rotatable bonds is 20. The third-order valence-corrected chi connectivity index (χ3v) is 7.25. The summed E-state index contributed by atoms with van der Waals surface area (Å²) in [6, 6.07) is 22.8. The largest absolute Gasteiger partial charge is 0.492 e. The van der Waals surface area contributed by atoms with Crippen molar-refractivity contribution < 1.29 is 33.5 Å². The lowest BCUT2D eigenvalue weighted by molar-refractivity contribution is -0.384. The summed E-state index contributed by atoms with van der Waals surface area (Å²) in [5.41, 5.74) is 6.95. The van der Waals surface area contributed by atoms with E-state index in [1.165, 1.54) is 12.1 Å². The van der Waals surface area contributed by atoms with Gasteiger partial charge >= 0.3 is 0 Å². The topological polar surface area (TPSA) is 200 Å². The van der Waals surface area contributed by atoms with Crippen LogP contribution in [0.15, 0.2) is 83.9 Å². The normalized spacial score (nSPS) is 13.5. The lowest BCUT2D eigenvalue weighted by Crippen LogP contribution is -2.43. The monoisotopic (exact) mass is 675 g/mol. The van der Waals surface area contributed by atoms with Crippen molar-refractivity contribution in [3.63, 3.8) is 0 Å². The van der Waals surface area contributed by atoms with E-state index in [-0.39, 0.29) is 63.1 Å². The summed E-state index contributed by atoms with van der Waals surface area (Å²) in [6.45, 7) is 2.32. The first-order valence-corrected chi connectivity index (χ1v) is 15.9. The van der Waals surface area contributed by atoms with Crippen molar-refractivity contribution in [1.29, 1.82) is 0 Å². The van der Waals surface area contributed by atoms with Gasteiger partial charge in [0, 0.05) is 55.0 Å². The van der Waals surface area contributed by atoms with Gasteiger partial charge in [0.1, 0.15) is 12.4 Å². The fourth-order valence-electron chi connectivity index (χ4n) is 4.89. The number of benzene rings is 3. The summed E-state index contributed by atoms with van der Waals surface area (Å²) in [5.74, 6) is 0.0966. The zero-order valence-electron chi connectivity index (χ0n) is 27.0. The number of nitrogens with one attached hydrogen (secondary N) is 3. The fraction of sp³-hybridized carbons (Fsp3) is 0.353. The Morgan fingerprint density at radius 2 is 1.49 bits per heavy atom. The number of nitrogens with two attached hydrogens (primary N) is 1. The molecule has 49 heavy (non-hydrogen) atoms. The second-order valence-electron chi connectivity index (χ2n) is 10.9. The smallest absolute Gasteiger partial charge is 0.269 e. The lowest BCUT2D eigenvalue weighted by Gasteiger charge is -2.34. The summed E-state index contributed by atoms with van der Waals surface area (Å²) >= 11 is 0. The Labute approximate surface area is 284 Å². The zero-order chi connectivity index (χ0) is 34.8. The fourth-order valence-corrected chi connectivity index (χ4v) is 4.89. The molecule has 3 amide bonds. The number of fused-ring (bicyclic) bond motifs is 1. The Kier molecular flexibility index (Phi) is 14.3. The average molecular weight is 676 g/mol. The standard InChI is InChI=1S/C34H41N7O8/c35-31(42)13-14-32(43)36-15-18-47-21-22-48-19-16-37-33(44)24-29-28-23-26(41(45)46)11-12-30(28)40(17-20-49-27-9-5-2-6-10-27)34(39-29)38-25-7-3-1-4-8-25/h1-12,23,29H,13-22,24H2,(H2,35,42)(H,36,43)(H,37,44)(H,38,39). The molecule has 0 spiro atoms. The Morgan fingerprint density at radius 3 is 2.14 bits per heavy atom. The number of aliphatic imine (C=N–C) groups is 1. The summed E-state index contributed by atoms with van der Waals surface area (Å²) in [4.78, 5) is 53.3. The van der Waals surface area contributed by atoms with Gasteiger partial charge in [-0.05, 0) is 30.3 Å². The first kappa shape index (κ1) is 36.3. The molecule has 5 N–H and O–H groups in total. The predicted octanol–water partition coefficient (Wildman–Crippen LogP) is 2.92. The van der Waals surface area contributed by atoms with Gasteiger partial charge in [0.05, 0.1) is 50.4 Å². The van der Waals surface area contributed by atoms with Crippen molar-refractivity contribution in [2.24, 2.45) is 10.7 Å². The van der Waals surface area contributed by atoms with E-state index < -0.39 is 16.9 Å². The molecule has 3 aromatic rings. The molecule has 3 aromatic carbocycles. The van der Waals surface area contributed by atoms with Gasteiger partial charge in [0.15, 0.2) is 0 Å². The van der Waals surface area contributed by atoms with Gasteiger partial charge in [-0.15, -0.1) is 0 Å². The molecule has 0 radical (unpaired) electrons. The van der Waals surface area contributed by atoms with Crippen molar-refractivity contribution >= 4 is 40.7 Å². The highest BCUT2D eigenvalue weighted by Crippen LogP contribution is 2.38. The van der Waals surface area contributed by atoms with Crippen molar-refractivity contribution in [2.75, 3.05) is 62.9 Å². The number of non-ortho nitro benzene ring substituents is 1. The number of carbonyl (C=O) groups is 3. The maximum Gasteiger partial charge on any atom is 0.269 e. The van der Waals surface area contributed by atoms with E-state index in [1.54, 1.807) is 6.07 Å². The minimum Gasteiger partial charge on any atom is -0.492 e. The number of hydrogen-bond donors (Lipinski definition) is 4. The molecule has 0 bridgehead atoms. The summed E-state index contributed by atoms with van der Waals surface area (Å²) < 4.78 is 16.9. The van der Waals surface area contributed by atoms with E-state index >= 15 is 0 Å². The van der Waals surface area contributed by atoms with Crippen LogP contribution in [-0.4, -0.2) is 81.3 Å². The number of anilines is 2. The first-order chi connectivity index (χ1) is 23.8. The van der Waals surface area contributed by atoms with Crippen LogP contribution in [0.2, 0.25) is 0 Å². The third kappa shape index (κ3) is 12.2. The molecule has 15 nitrogen and oxygen atoms in total. The molecule has 1 atom stereocenters. The number of para-hydroxylation sites is 2. The molecule has 0 saturated heterocycles. The Balaban J connectivity index is 1.32. The van der Waals surface area contributed by atoms with Gasteiger partial charge in [-0.1, -0.05) is 36.4 Å². The van der Waals surface area contributed by atoms with Gasteiger partial charge in [-0.25, -0.2) is 4.99 Å². The Hall–Kier alpha value is -5.54. The lowest BCUT2D eigenvalue weighted by atomic mass is 9.98. The Morgan fingerprint density at radius 1 is 0.837 bits per heavy atom. The average Bonchev–Trinajstić information content (AvgIpc) is 3.10. The van der Waals surface area contributed by atoms with E-state index in [1.807, 2.05) is 65.6 Å². The highest BCUT2D eigenvalue weighted by atomic mass is 16.6. The molecule has 1 aliphatic heterocycles. The molecule has 0 aliphatic carbocycles. The van der Waals surface area contributed by atoms with Crippen molar-refractivity contribution in [3.8, 4) is 5.75 Å². The molecular formula is C34H41N7O8. The van der Waals surface area contributed by atoms with Crippen LogP contribution >= 0.6 is 0 Å². The molecular weight excluding hydrogens is 634 g/mol. The van der Waals surface area contributed by atoms with Crippen LogP contribution in [0.3, 0.4) is 0 Å². The maximum atomic E-state index is 13.1. The number of primary amides is 1. The molecule has 260 valence electrons. The van der Waals surface area contributed by atoms with Gasteiger partial charge in [0.25, 0.3) is 5.69 Å². The molecule has 4 rings (SSSR count). The van der Waals surface area contributed by atoms with Crippen molar-refractivity contribution in [2.45, 2.75) is 25.3 Å². The Bertz CT molecular complexity index is 1570. The van der Waals surface area contributed by atoms with Gasteiger partial charge in [0.2, 0.25) is 23.7 Å². The third-order valence-electron chi connectivity index (χ3n) is 7.25. The van der Waals surface area contributed by atoms with Gasteiger partial charge < -0.3 is 40.8 Å². The van der Waals surface area contributed by atoms with Gasteiger partial charge in [-0.3, -0.25) is 24.5 Å². The molecule has 0 aromatic heterocycles. The predicted molar refractivity (Wildman–Crippen MR) is 183 cm³/mol.